The molecule has 0 aliphatic heterocycles. The summed E-state index contributed by atoms with van der Waals surface area (Å²) in [6.45, 7) is 0. The van der Waals surface area contributed by atoms with Crippen LogP contribution in [0.3, 0.4) is 0 Å². The molecule has 0 radical (unpaired) electrons. The van der Waals surface area contributed by atoms with Crippen LogP contribution < -0.4 is 5.73 Å². The van der Waals surface area contributed by atoms with Gasteiger partial charge in [-0.1, -0.05) is 11.6 Å². The predicted octanol–water partition coefficient (Wildman–Crippen LogP) is 1.99. The summed E-state index contributed by atoms with van der Waals surface area (Å²) in [4.78, 5) is 5.83. The van der Waals surface area contributed by atoms with Crippen molar-refractivity contribution in [3.8, 4) is 5.69 Å². The molecule has 1 aromatic heterocycles. The first-order chi connectivity index (χ1) is 8.50. The van der Waals surface area contributed by atoms with Crippen LogP contribution in [0.25, 0.3) is 5.69 Å². The quantitative estimate of drug-likeness (QED) is 0.643. The van der Waals surface area contributed by atoms with E-state index in [-0.39, 0.29) is 5.84 Å². The van der Waals surface area contributed by atoms with Gasteiger partial charge in [-0.25, -0.2) is 4.98 Å². The minimum atomic E-state index is 0.278. The molecule has 0 fully saturated rings. The fourth-order valence-electron chi connectivity index (χ4n) is 1.56. The Balaban J connectivity index is 2.42. The molecule has 0 bridgehead atoms. The van der Waals surface area contributed by atoms with Crippen molar-refractivity contribution in [3.05, 3.63) is 41.3 Å². The molecule has 0 aliphatic rings. The van der Waals surface area contributed by atoms with E-state index in [0.29, 0.717) is 16.5 Å². The number of anilines is 1. The molecule has 5 nitrogen and oxygen atoms in total. The van der Waals surface area contributed by atoms with Gasteiger partial charge in [-0.05, 0) is 24.3 Å². The summed E-state index contributed by atoms with van der Waals surface area (Å²) in [5, 5.41) is 8.55. The molecule has 1 heterocycles. The highest BCUT2D eigenvalue weighted by Gasteiger charge is 2.14. The molecule has 0 aliphatic carbocycles. The minimum Gasteiger partial charge on any atom is -0.383 e. The first kappa shape index (κ1) is 12.4. The number of halogens is 1. The van der Waals surface area contributed by atoms with E-state index in [1.807, 2.05) is 12.1 Å². The second kappa shape index (κ2) is 4.70. The molecule has 1 aromatic carbocycles. The van der Waals surface area contributed by atoms with Crippen LogP contribution in [-0.2, 0) is 0 Å². The molecule has 0 atom stereocenters. The molecule has 18 heavy (non-hydrogen) atoms. The van der Waals surface area contributed by atoms with E-state index in [9.17, 15) is 0 Å². The van der Waals surface area contributed by atoms with E-state index in [2.05, 4.69) is 4.98 Å². The number of amidine groups is 1. The molecule has 2 rings (SSSR count). The number of nitrogens with zero attached hydrogens (tertiary/aromatic N) is 3. The standard InChI is InChI=1S/C12H14ClN5/c1-17(2)11(14)10-12(15)18(7-16-10)9-5-3-8(13)4-6-9/h3-7,14H,15H2,1-2H3. The van der Waals surface area contributed by atoms with Crippen LogP contribution in [0.4, 0.5) is 5.82 Å². The molecular weight excluding hydrogens is 250 g/mol. The van der Waals surface area contributed by atoms with E-state index in [4.69, 9.17) is 22.7 Å². The normalized spacial score (nSPS) is 10.4. The number of aromatic nitrogens is 2. The van der Waals surface area contributed by atoms with E-state index < -0.39 is 0 Å². The van der Waals surface area contributed by atoms with Crippen LogP contribution in [0.1, 0.15) is 5.69 Å². The number of rotatable bonds is 2. The molecule has 2 aromatic rings. The Morgan fingerprint density at radius 2 is 1.94 bits per heavy atom. The fraction of sp³-hybridized carbons (Fsp3) is 0.167. The summed E-state index contributed by atoms with van der Waals surface area (Å²) in [6.07, 6.45) is 1.60. The molecule has 0 saturated heterocycles. The number of hydrogen-bond acceptors (Lipinski definition) is 3. The zero-order valence-electron chi connectivity index (χ0n) is 10.2. The van der Waals surface area contributed by atoms with Gasteiger partial charge in [-0.15, -0.1) is 0 Å². The van der Waals surface area contributed by atoms with E-state index in [1.165, 1.54) is 0 Å². The largest absolute Gasteiger partial charge is 0.383 e. The Bertz CT molecular complexity index is 571. The van der Waals surface area contributed by atoms with Gasteiger partial charge in [0, 0.05) is 24.8 Å². The third kappa shape index (κ3) is 2.17. The molecule has 3 N–H and O–H groups in total. The molecule has 0 unspecified atom stereocenters. The van der Waals surface area contributed by atoms with Gasteiger partial charge in [0.15, 0.2) is 0 Å². The van der Waals surface area contributed by atoms with E-state index in [0.717, 1.165) is 5.69 Å². The van der Waals surface area contributed by atoms with Gasteiger partial charge < -0.3 is 10.6 Å². The lowest BCUT2D eigenvalue weighted by Crippen LogP contribution is -2.23. The van der Waals surface area contributed by atoms with Crippen LogP contribution in [0.15, 0.2) is 30.6 Å². The fourth-order valence-corrected chi connectivity index (χ4v) is 1.69. The summed E-state index contributed by atoms with van der Waals surface area (Å²) < 4.78 is 1.73. The monoisotopic (exact) mass is 263 g/mol. The highest BCUT2D eigenvalue weighted by Crippen LogP contribution is 2.19. The SMILES string of the molecule is CN(C)C(=N)c1ncn(-c2ccc(Cl)cc2)c1N. The third-order valence-corrected chi connectivity index (χ3v) is 2.83. The van der Waals surface area contributed by atoms with Gasteiger partial charge in [0.25, 0.3) is 0 Å². The smallest absolute Gasteiger partial charge is 0.150 e. The maximum atomic E-state index is 7.88. The number of nitrogens with two attached hydrogens (primary N) is 1. The first-order valence-corrected chi connectivity index (χ1v) is 5.73. The Kier molecular flexibility index (Phi) is 3.25. The summed E-state index contributed by atoms with van der Waals surface area (Å²) in [7, 11) is 3.56. The lowest BCUT2D eigenvalue weighted by Gasteiger charge is -2.12. The highest BCUT2D eigenvalue weighted by atomic mass is 35.5. The predicted molar refractivity (Wildman–Crippen MR) is 73.5 cm³/mol. The second-order valence-corrected chi connectivity index (χ2v) is 4.50. The Morgan fingerprint density at radius 1 is 1.33 bits per heavy atom. The highest BCUT2D eigenvalue weighted by molar-refractivity contribution is 6.30. The van der Waals surface area contributed by atoms with Gasteiger partial charge in [-0.2, -0.15) is 0 Å². The zero-order valence-corrected chi connectivity index (χ0v) is 10.9. The number of hydrogen-bond donors (Lipinski definition) is 2. The van der Waals surface area contributed by atoms with Crippen LogP contribution in [-0.4, -0.2) is 34.4 Å². The van der Waals surface area contributed by atoms with Crippen LogP contribution in [0.2, 0.25) is 5.02 Å². The maximum absolute atomic E-state index is 7.88. The molecular formula is C12H14ClN5. The number of benzene rings is 1. The zero-order chi connectivity index (χ0) is 13.3. The molecule has 94 valence electrons. The average Bonchev–Trinajstić information content (AvgIpc) is 2.71. The number of imidazole rings is 1. The Hall–Kier alpha value is -2.01. The summed E-state index contributed by atoms with van der Waals surface area (Å²) >= 11 is 5.84. The maximum Gasteiger partial charge on any atom is 0.150 e. The lowest BCUT2D eigenvalue weighted by molar-refractivity contribution is 0.617. The van der Waals surface area contributed by atoms with Gasteiger partial charge in [-0.3, -0.25) is 9.98 Å². The van der Waals surface area contributed by atoms with Gasteiger partial charge in [0.2, 0.25) is 0 Å². The Morgan fingerprint density at radius 3 is 2.50 bits per heavy atom. The molecule has 0 amide bonds. The second-order valence-electron chi connectivity index (χ2n) is 4.07. The van der Waals surface area contributed by atoms with Crippen LogP contribution in [0, 0.1) is 5.41 Å². The van der Waals surface area contributed by atoms with Gasteiger partial charge in [0.05, 0.1) is 0 Å². The molecule has 0 saturated carbocycles. The minimum absolute atomic E-state index is 0.278. The topological polar surface area (TPSA) is 70.9 Å². The summed E-state index contributed by atoms with van der Waals surface area (Å²) in [5.74, 6) is 0.719. The van der Waals surface area contributed by atoms with Crippen LogP contribution in [0.5, 0.6) is 0 Å². The van der Waals surface area contributed by atoms with Crippen LogP contribution >= 0.6 is 11.6 Å². The number of nitrogens with one attached hydrogen (secondary N) is 1. The third-order valence-electron chi connectivity index (χ3n) is 2.58. The van der Waals surface area contributed by atoms with Crippen molar-refractivity contribution < 1.29 is 0 Å². The van der Waals surface area contributed by atoms with Gasteiger partial charge in [0.1, 0.15) is 23.7 Å². The molecule has 0 spiro atoms. The van der Waals surface area contributed by atoms with E-state index >= 15 is 0 Å². The number of nitrogen functional groups attached to an aromatic ring is 1. The van der Waals surface area contributed by atoms with Crippen molar-refractivity contribution in [1.29, 1.82) is 5.41 Å². The van der Waals surface area contributed by atoms with Crippen molar-refractivity contribution in [2.75, 3.05) is 19.8 Å². The summed E-state index contributed by atoms with van der Waals surface area (Å²) in [5.41, 5.74) is 7.34. The first-order valence-electron chi connectivity index (χ1n) is 5.35. The van der Waals surface area contributed by atoms with Crippen molar-refractivity contribution in [2.45, 2.75) is 0 Å². The Labute approximate surface area is 110 Å². The lowest BCUT2D eigenvalue weighted by atomic mass is 10.3. The molecule has 6 heteroatoms. The average molecular weight is 264 g/mol. The van der Waals surface area contributed by atoms with Crippen molar-refractivity contribution in [1.82, 2.24) is 14.5 Å². The van der Waals surface area contributed by atoms with E-state index in [1.54, 1.807) is 42.0 Å². The van der Waals surface area contributed by atoms with Crippen molar-refractivity contribution in [2.24, 2.45) is 0 Å². The van der Waals surface area contributed by atoms with Crippen molar-refractivity contribution >= 4 is 23.3 Å². The van der Waals surface area contributed by atoms with Crippen molar-refractivity contribution in [3.63, 3.8) is 0 Å². The van der Waals surface area contributed by atoms with Gasteiger partial charge >= 0.3 is 0 Å². The summed E-state index contributed by atoms with van der Waals surface area (Å²) in [6, 6.07) is 7.27.